The van der Waals surface area contributed by atoms with Gasteiger partial charge in [0, 0.05) is 16.8 Å². The van der Waals surface area contributed by atoms with Crippen molar-refractivity contribution in [2.45, 2.75) is 6.92 Å². The average molecular weight is 334 g/mol. The van der Waals surface area contributed by atoms with Gasteiger partial charge in [0.1, 0.15) is 4.99 Å². The fourth-order valence-electron chi connectivity index (χ4n) is 1.93. The van der Waals surface area contributed by atoms with Crippen LogP contribution in [0.3, 0.4) is 0 Å². The normalized spacial score (nSPS) is 10.0. The summed E-state index contributed by atoms with van der Waals surface area (Å²) in [6, 6.07) is 12.9. The van der Waals surface area contributed by atoms with Crippen LogP contribution < -0.4 is 4.90 Å². The van der Waals surface area contributed by atoms with Gasteiger partial charge in [-0.3, -0.25) is 9.69 Å². The lowest BCUT2D eigenvalue weighted by Crippen LogP contribution is -2.28. The standard InChI is InChI=1S/C16H12ClNOS2/c1-11-4-2-3-5-14(11)16(21)18(10-20)13-7-6-12(9-19)15(17)8-13/h2-10H,1H3. The van der Waals surface area contributed by atoms with Gasteiger partial charge in [-0.2, -0.15) is 0 Å². The van der Waals surface area contributed by atoms with Crippen LogP contribution in [-0.2, 0) is 0 Å². The second-order valence-electron chi connectivity index (χ2n) is 4.42. The van der Waals surface area contributed by atoms with Crippen molar-refractivity contribution >= 4 is 58.5 Å². The number of rotatable bonds is 4. The van der Waals surface area contributed by atoms with Crippen molar-refractivity contribution < 1.29 is 4.79 Å². The molecule has 0 amide bonds. The molecular weight excluding hydrogens is 322 g/mol. The Morgan fingerprint density at radius 3 is 2.52 bits per heavy atom. The van der Waals surface area contributed by atoms with Gasteiger partial charge in [0.15, 0.2) is 6.29 Å². The highest BCUT2D eigenvalue weighted by Crippen LogP contribution is 2.24. The van der Waals surface area contributed by atoms with Crippen LogP contribution in [0.25, 0.3) is 0 Å². The summed E-state index contributed by atoms with van der Waals surface area (Å²) in [7, 11) is 0. The summed E-state index contributed by atoms with van der Waals surface area (Å²) >= 11 is 16.7. The molecule has 21 heavy (non-hydrogen) atoms. The minimum absolute atomic E-state index is 0.372. The van der Waals surface area contributed by atoms with Crippen LogP contribution in [0.2, 0.25) is 5.02 Å². The van der Waals surface area contributed by atoms with Crippen LogP contribution in [0.15, 0.2) is 42.5 Å². The molecule has 0 aliphatic rings. The van der Waals surface area contributed by atoms with Gasteiger partial charge in [0.05, 0.1) is 10.5 Å². The van der Waals surface area contributed by atoms with E-state index in [4.69, 9.17) is 36.0 Å². The highest BCUT2D eigenvalue weighted by Gasteiger charge is 2.14. The van der Waals surface area contributed by atoms with Crippen LogP contribution in [-0.4, -0.2) is 16.8 Å². The first-order valence-corrected chi connectivity index (χ1v) is 7.43. The minimum atomic E-state index is 0.372. The van der Waals surface area contributed by atoms with Gasteiger partial charge < -0.3 is 0 Å². The number of hydrogen-bond donors (Lipinski definition) is 0. The quantitative estimate of drug-likeness (QED) is 0.601. The van der Waals surface area contributed by atoms with E-state index in [1.54, 1.807) is 23.1 Å². The largest absolute Gasteiger partial charge is 0.298 e. The fourth-order valence-corrected chi connectivity index (χ4v) is 2.83. The molecule has 106 valence electrons. The number of nitrogens with zero attached hydrogens (tertiary/aromatic N) is 1. The predicted octanol–water partition coefficient (Wildman–Crippen LogP) is 4.60. The highest BCUT2D eigenvalue weighted by atomic mass is 35.5. The molecule has 0 heterocycles. The third-order valence-corrected chi connectivity index (χ3v) is 4.04. The number of aldehydes is 1. The van der Waals surface area contributed by atoms with Crippen LogP contribution in [0, 0.1) is 6.92 Å². The van der Waals surface area contributed by atoms with Crippen LogP contribution >= 0.6 is 36.0 Å². The fraction of sp³-hybridized carbons (Fsp3) is 0.0625. The van der Waals surface area contributed by atoms with Crippen molar-refractivity contribution in [1.82, 2.24) is 0 Å². The molecule has 0 saturated heterocycles. The molecule has 0 radical (unpaired) electrons. The molecule has 2 aromatic rings. The summed E-state index contributed by atoms with van der Waals surface area (Å²) in [5.74, 6) is 0. The van der Waals surface area contributed by atoms with Crippen molar-refractivity contribution in [2.24, 2.45) is 0 Å². The van der Waals surface area contributed by atoms with Gasteiger partial charge in [-0.05, 0) is 30.7 Å². The molecule has 0 atom stereocenters. The SMILES string of the molecule is Cc1ccccc1C(=S)N(C=S)c1ccc(C=O)c(Cl)c1. The van der Waals surface area contributed by atoms with Crippen LogP contribution in [0.1, 0.15) is 21.5 Å². The lowest BCUT2D eigenvalue weighted by molar-refractivity contribution is 0.112. The molecular formula is C16H12ClNOS2. The highest BCUT2D eigenvalue weighted by molar-refractivity contribution is 7.82. The van der Waals surface area contributed by atoms with E-state index in [1.165, 1.54) is 5.49 Å². The van der Waals surface area contributed by atoms with Gasteiger partial charge in [0.25, 0.3) is 0 Å². The summed E-state index contributed by atoms with van der Waals surface area (Å²) in [5, 5.41) is 0.372. The summed E-state index contributed by atoms with van der Waals surface area (Å²) in [5.41, 5.74) is 4.64. The molecule has 0 aliphatic carbocycles. The number of carbonyl (C=O) groups excluding carboxylic acids is 1. The van der Waals surface area contributed by atoms with E-state index >= 15 is 0 Å². The first-order chi connectivity index (χ1) is 10.1. The smallest absolute Gasteiger partial charge is 0.151 e. The predicted molar refractivity (Wildman–Crippen MR) is 95.9 cm³/mol. The van der Waals surface area contributed by atoms with Gasteiger partial charge in [-0.25, -0.2) is 0 Å². The number of hydrogen-bond acceptors (Lipinski definition) is 3. The van der Waals surface area contributed by atoms with E-state index in [1.807, 2.05) is 31.2 Å². The first kappa shape index (κ1) is 15.8. The lowest BCUT2D eigenvalue weighted by Gasteiger charge is -2.21. The Labute approximate surface area is 139 Å². The van der Waals surface area contributed by atoms with Crippen molar-refractivity contribution in [1.29, 1.82) is 0 Å². The van der Waals surface area contributed by atoms with Gasteiger partial charge in [-0.1, -0.05) is 60.3 Å². The van der Waals surface area contributed by atoms with Crippen molar-refractivity contribution in [3.8, 4) is 0 Å². The zero-order chi connectivity index (χ0) is 15.4. The molecule has 0 spiro atoms. The Balaban J connectivity index is 2.42. The first-order valence-electron chi connectivity index (χ1n) is 6.17. The Kier molecular flexibility index (Phi) is 5.17. The second kappa shape index (κ2) is 6.89. The van der Waals surface area contributed by atoms with Crippen molar-refractivity contribution in [2.75, 3.05) is 4.90 Å². The monoisotopic (exact) mass is 333 g/mol. The maximum absolute atomic E-state index is 10.8. The van der Waals surface area contributed by atoms with Gasteiger partial charge >= 0.3 is 0 Å². The molecule has 0 unspecified atom stereocenters. The van der Waals surface area contributed by atoms with Crippen LogP contribution in [0.4, 0.5) is 5.69 Å². The third kappa shape index (κ3) is 3.35. The lowest BCUT2D eigenvalue weighted by atomic mass is 10.1. The molecule has 0 fully saturated rings. The van der Waals surface area contributed by atoms with Crippen LogP contribution in [0.5, 0.6) is 0 Å². The van der Waals surface area contributed by atoms with E-state index in [-0.39, 0.29) is 0 Å². The maximum atomic E-state index is 10.8. The Morgan fingerprint density at radius 2 is 1.95 bits per heavy atom. The van der Waals surface area contributed by atoms with Crippen molar-refractivity contribution in [3.05, 3.63) is 64.2 Å². The maximum Gasteiger partial charge on any atom is 0.151 e. The molecule has 0 N–H and O–H groups in total. The van der Waals surface area contributed by atoms with E-state index in [0.29, 0.717) is 21.9 Å². The molecule has 2 aromatic carbocycles. The van der Waals surface area contributed by atoms with Gasteiger partial charge in [-0.15, -0.1) is 0 Å². The van der Waals surface area contributed by atoms with Gasteiger partial charge in [0.2, 0.25) is 0 Å². The van der Waals surface area contributed by atoms with Crippen molar-refractivity contribution in [3.63, 3.8) is 0 Å². The third-order valence-electron chi connectivity index (χ3n) is 3.09. The zero-order valence-electron chi connectivity index (χ0n) is 11.2. The number of anilines is 1. The molecule has 0 saturated carbocycles. The Bertz CT molecular complexity index is 715. The molecule has 0 bridgehead atoms. The summed E-state index contributed by atoms with van der Waals surface area (Å²) < 4.78 is 0. The summed E-state index contributed by atoms with van der Waals surface area (Å²) in [4.78, 5) is 13.1. The van der Waals surface area contributed by atoms with E-state index in [9.17, 15) is 4.79 Å². The summed E-state index contributed by atoms with van der Waals surface area (Å²) in [6.45, 7) is 1.99. The van der Waals surface area contributed by atoms with E-state index < -0.39 is 0 Å². The Hall–Kier alpha value is -1.62. The van der Waals surface area contributed by atoms with E-state index in [2.05, 4.69) is 0 Å². The number of aryl methyl sites for hydroxylation is 1. The molecule has 2 nitrogen and oxygen atoms in total. The second-order valence-corrected chi connectivity index (χ2v) is 5.42. The molecule has 0 aromatic heterocycles. The number of carbonyl (C=O) groups is 1. The average Bonchev–Trinajstić information content (AvgIpc) is 2.48. The summed E-state index contributed by atoms with van der Waals surface area (Å²) in [6.07, 6.45) is 0.716. The Morgan fingerprint density at radius 1 is 1.24 bits per heavy atom. The topological polar surface area (TPSA) is 20.3 Å². The molecule has 0 aliphatic heterocycles. The van der Waals surface area contributed by atoms with E-state index in [0.717, 1.165) is 16.8 Å². The molecule has 5 heteroatoms. The number of benzene rings is 2. The number of halogens is 1. The molecule has 2 rings (SSSR count). The zero-order valence-corrected chi connectivity index (χ0v) is 13.6. The number of thiocarbonyl (C=S) groups is 2. The minimum Gasteiger partial charge on any atom is -0.298 e.